The van der Waals surface area contributed by atoms with Crippen LogP contribution in [0.1, 0.15) is 25.7 Å². The molecule has 0 bridgehead atoms. The highest BCUT2D eigenvalue weighted by Gasteiger charge is 2.43. The van der Waals surface area contributed by atoms with Gasteiger partial charge in [-0.25, -0.2) is 0 Å². The van der Waals surface area contributed by atoms with Crippen LogP contribution >= 0.6 is 0 Å². The van der Waals surface area contributed by atoms with E-state index >= 15 is 0 Å². The monoisotopic (exact) mass is 169 g/mol. The molecule has 1 aliphatic heterocycles. The quantitative estimate of drug-likeness (QED) is 0.612. The van der Waals surface area contributed by atoms with Crippen LogP contribution in [0.2, 0.25) is 0 Å². The van der Waals surface area contributed by atoms with Crippen LogP contribution in [0.5, 0.6) is 0 Å². The molecule has 12 heavy (non-hydrogen) atoms. The summed E-state index contributed by atoms with van der Waals surface area (Å²) >= 11 is 0. The molecule has 2 fully saturated rings. The fourth-order valence-electron chi connectivity index (χ4n) is 2.60. The van der Waals surface area contributed by atoms with Gasteiger partial charge in [0, 0.05) is 6.54 Å². The highest BCUT2D eigenvalue weighted by Crippen LogP contribution is 2.45. The van der Waals surface area contributed by atoms with E-state index in [0.29, 0.717) is 5.41 Å². The van der Waals surface area contributed by atoms with Crippen molar-refractivity contribution in [2.24, 2.45) is 11.3 Å². The van der Waals surface area contributed by atoms with Crippen molar-refractivity contribution >= 4 is 5.97 Å². The summed E-state index contributed by atoms with van der Waals surface area (Å²) in [6.07, 6.45) is 4.07. The lowest BCUT2D eigenvalue weighted by atomic mass is 9.84. The molecule has 68 valence electrons. The second kappa shape index (κ2) is 2.73. The van der Waals surface area contributed by atoms with E-state index in [1.807, 2.05) is 0 Å². The Bertz CT molecular complexity index is 197. The molecule has 3 heteroatoms. The number of nitrogens with one attached hydrogen (secondary N) is 1. The molecule has 0 amide bonds. The van der Waals surface area contributed by atoms with E-state index in [1.165, 1.54) is 6.42 Å². The molecule has 3 nitrogen and oxygen atoms in total. The van der Waals surface area contributed by atoms with Crippen LogP contribution < -0.4 is 5.32 Å². The molecule has 2 atom stereocenters. The molecule has 0 aromatic carbocycles. The Balaban J connectivity index is 2.01. The normalized spacial score (nSPS) is 40.8. The first-order chi connectivity index (χ1) is 5.72. The number of rotatable bonds is 1. The third kappa shape index (κ3) is 1.22. The Morgan fingerprint density at radius 2 is 2.33 bits per heavy atom. The summed E-state index contributed by atoms with van der Waals surface area (Å²) in [6.45, 7) is 2.11. The zero-order valence-electron chi connectivity index (χ0n) is 7.18. The van der Waals surface area contributed by atoms with Gasteiger partial charge in [-0.1, -0.05) is 0 Å². The Kier molecular flexibility index (Phi) is 1.83. The van der Waals surface area contributed by atoms with Gasteiger partial charge >= 0.3 is 5.97 Å². The number of carboxylic acids is 1. The Morgan fingerprint density at radius 3 is 2.83 bits per heavy atom. The summed E-state index contributed by atoms with van der Waals surface area (Å²) in [4.78, 5) is 10.7. The summed E-state index contributed by atoms with van der Waals surface area (Å²) in [6, 6.07) is 0. The van der Waals surface area contributed by atoms with Crippen LogP contribution in [0, 0.1) is 11.3 Å². The van der Waals surface area contributed by atoms with E-state index in [-0.39, 0.29) is 5.92 Å². The van der Waals surface area contributed by atoms with Gasteiger partial charge in [0.15, 0.2) is 0 Å². The van der Waals surface area contributed by atoms with Crippen molar-refractivity contribution in [1.29, 1.82) is 0 Å². The molecule has 2 rings (SSSR count). The Labute approximate surface area is 72.2 Å². The van der Waals surface area contributed by atoms with Crippen molar-refractivity contribution in [1.82, 2.24) is 5.32 Å². The van der Waals surface area contributed by atoms with E-state index < -0.39 is 5.97 Å². The van der Waals surface area contributed by atoms with Gasteiger partial charge in [0.05, 0.1) is 5.92 Å². The van der Waals surface area contributed by atoms with Crippen LogP contribution in [-0.2, 0) is 4.79 Å². The predicted molar refractivity (Wildman–Crippen MR) is 44.9 cm³/mol. The van der Waals surface area contributed by atoms with Crippen LogP contribution in [0.25, 0.3) is 0 Å². The molecule has 0 aromatic rings. The van der Waals surface area contributed by atoms with E-state index in [9.17, 15) is 4.79 Å². The van der Waals surface area contributed by atoms with Crippen LogP contribution in [-0.4, -0.2) is 24.2 Å². The number of hydrogen-bond donors (Lipinski definition) is 2. The van der Waals surface area contributed by atoms with E-state index in [1.54, 1.807) is 0 Å². The summed E-state index contributed by atoms with van der Waals surface area (Å²) in [5.41, 5.74) is 0.350. The van der Waals surface area contributed by atoms with Crippen molar-refractivity contribution in [3.05, 3.63) is 0 Å². The highest BCUT2D eigenvalue weighted by molar-refractivity contribution is 5.70. The van der Waals surface area contributed by atoms with Crippen molar-refractivity contribution in [3.8, 4) is 0 Å². The molecule has 1 saturated heterocycles. The second-order valence-corrected chi connectivity index (χ2v) is 4.20. The van der Waals surface area contributed by atoms with E-state index in [4.69, 9.17) is 5.11 Å². The zero-order valence-corrected chi connectivity index (χ0v) is 7.18. The summed E-state index contributed by atoms with van der Waals surface area (Å²) < 4.78 is 0. The van der Waals surface area contributed by atoms with Crippen molar-refractivity contribution in [2.45, 2.75) is 25.7 Å². The smallest absolute Gasteiger partial charge is 0.306 e. The average molecular weight is 169 g/mol. The fourth-order valence-corrected chi connectivity index (χ4v) is 2.60. The Hall–Kier alpha value is -0.570. The van der Waals surface area contributed by atoms with E-state index in [2.05, 4.69) is 5.32 Å². The zero-order chi connectivity index (χ0) is 8.60. The second-order valence-electron chi connectivity index (χ2n) is 4.20. The first kappa shape index (κ1) is 8.05. The average Bonchev–Trinajstić information content (AvgIpc) is 2.62. The van der Waals surface area contributed by atoms with Gasteiger partial charge in [0.25, 0.3) is 0 Å². The number of aliphatic carboxylic acids is 1. The first-order valence-corrected chi connectivity index (χ1v) is 4.65. The van der Waals surface area contributed by atoms with Gasteiger partial charge in [-0.15, -0.1) is 0 Å². The summed E-state index contributed by atoms with van der Waals surface area (Å²) in [5.74, 6) is -0.663. The van der Waals surface area contributed by atoms with Crippen molar-refractivity contribution < 1.29 is 9.90 Å². The molecule has 2 N–H and O–H groups in total. The molecule has 2 aliphatic rings. The standard InChI is InChI=1S/C9H15NO2/c11-8(12)7-1-2-9(5-7)3-4-10-6-9/h7,10H,1-6H2,(H,11,12). The minimum Gasteiger partial charge on any atom is -0.481 e. The van der Waals surface area contributed by atoms with Crippen LogP contribution in [0.15, 0.2) is 0 Å². The lowest BCUT2D eigenvalue weighted by molar-refractivity contribution is -0.141. The van der Waals surface area contributed by atoms with Gasteiger partial charge in [0.1, 0.15) is 0 Å². The van der Waals surface area contributed by atoms with Gasteiger partial charge < -0.3 is 10.4 Å². The maximum Gasteiger partial charge on any atom is 0.306 e. The minimum atomic E-state index is -0.598. The van der Waals surface area contributed by atoms with E-state index in [0.717, 1.165) is 32.4 Å². The van der Waals surface area contributed by atoms with Gasteiger partial charge in [-0.3, -0.25) is 4.79 Å². The highest BCUT2D eigenvalue weighted by atomic mass is 16.4. The lowest BCUT2D eigenvalue weighted by Gasteiger charge is -2.20. The largest absolute Gasteiger partial charge is 0.481 e. The lowest BCUT2D eigenvalue weighted by Crippen LogP contribution is -2.21. The molecule has 1 spiro atoms. The van der Waals surface area contributed by atoms with Crippen molar-refractivity contribution in [3.63, 3.8) is 0 Å². The molecule has 1 heterocycles. The van der Waals surface area contributed by atoms with Crippen LogP contribution in [0.3, 0.4) is 0 Å². The van der Waals surface area contributed by atoms with Crippen molar-refractivity contribution in [2.75, 3.05) is 13.1 Å². The maximum absolute atomic E-state index is 10.7. The molecular weight excluding hydrogens is 154 g/mol. The topological polar surface area (TPSA) is 49.3 Å². The third-order valence-electron chi connectivity index (χ3n) is 3.38. The number of carbonyl (C=O) groups is 1. The summed E-state index contributed by atoms with van der Waals surface area (Å²) in [7, 11) is 0. The molecule has 1 aliphatic carbocycles. The predicted octanol–water partition coefficient (Wildman–Crippen LogP) is 0.851. The fraction of sp³-hybridized carbons (Fsp3) is 0.889. The molecule has 1 saturated carbocycles. The van der Waals surface area contributed by atoms with Gasteiger partial charge in [0.2, 0.25) is 0 Å². The molecule has 0 aromatic heterocycles. The summed E-state index contributed by atoms with van der Waals surface area (Å²) in [5, 5.41) is 12.2. The molecule has 2 unspecified atom stereocenters. The van der Waals surface area contributed by atoms with Crippen LogP contribution in [0.4, 0.5) is 0 Å². The minimum absolute atomic E-state index is 0.0649. The SMILES string of the molecule is O=C(O)C1CCC2(CCNC2)C1. The van der Waals surface area contributed by atoms with Gasteiger partial charge in [-0.05, 0) is 37.6 Å². The third-order valence-corrected chi connectivity index (χ3v) is 3.38. The molecule has 0 radical (unpaired) electrons. The number of hydrogen-bond acceptors (Lipinski definition) is 2. The Morgan fingerprint density at radius 1 is 1.50 bits per heavy atom. The number of carboxylic acid groups (broad SMARTS) is 1. The molecular formula is C9H15NO2. The first-order valence-electron chi connectivity index (χ1n) is 4.65. The maximum atomic E-state index is 10.7. The van der Waals surface area contributed by atoms with Gasteiger partial charge in [-0.2, -0.15) is 0 Å².